The van der Waals surface area contributed by atoms with Crippen LogP contribution in [0.2, 0.25) is 5.02 Å². The van der Waals surface area contributed by atoms with Crippen LogP contribution in [0.25, 0.3) is 0 Å². The average molecular weight is 298 g/mol. The van der Waals surface area contributed by atoms with Gasteiger partial charge in [0.05, 0.1) is 10.5 Å². The van der Waals surface area contributed by atoms with Crippen LogP contribution < -0.4 is 4.74 Å². The summed E-state index contributed by atoms with van der Waals surface area (Å²) in [5, 5.41) is 19.3. The molecule has 0 radical (unpaired) electrons. The van der Waals surface area contributed by atoms with Gasteiger partial charge in [-0.2, -0.15) is 0 Å². The van der Waals surface area contributed by atoms with E-state index < -0.39 is 10.9 Å². The number of ether oxygens (including phenoxy) is 1. The van der Waals surface area contributed by atoms with Gasteiger partial charge in [-0.1, -0.05) is 11.6 Å². The van der Waals surface area contributed by atoms with Gasteiger partial charge in [-0.25, -0.2) is 4.79 Å². The first-order valence-corrected chi connectivity index (χ1v) is 5.72. The van der Waals surface area contributed by atoms with E-state index in [1.54, 1.807) is 0 Å². The van der Waals surface area contributed by atoms with E-state index in [4.69, 9.17) is 25.9 Å². The van der Waals surface area contributed by atoms with E-state index in [1.807, 2.05) is 0 Å². The van der Waals surface area contributed by atoms with E-state index >= 15 is 0 Å². The lowest BCUT2D eigenvalue weighted by Crippen LogP contribution is -1.96. The Bertz CT molecular complexity index is 666. The zero-order chi connectivity index (χ0) is 14.7. The van der Waals surface area contributed by atoms with Gasteiger partial charge in [-0.3, -0.25) is 10.1 Å². The molecule has 1 N–H and O–H groups in total. The molecule has 2 aromatic rings. The Balaban J connectivity index is 2.05. The Hall–Kier alpha value is -2.54. The summed E-state index contributed by atoms with van der Waals surface area (Å²) in [6, 6.07) is 5.25. The third-order valence-electron chi connectivity index (χ3n) is 2.40. The predicted octanol–water partition coefficient (Wildman–Crippen LogP) is 3.12. The summed E-state index contributed by atoms with van der Waals surface area (Å²) in [4.78, 5) is 20.6. The largest absolute Gasteiger partial charge is 0.486 e. The molecule has 2 rings (SSSR count). The number of aromatic carboxylic acids is 1. The maximum atomic E-state index is 10.7. The van der Waals surface area contributed by atoms with E-state index in [0.717, 1.165) is 6.26 Å². The van der Waals surface area contributed by atoms with E-state index in [1.165, 1.54) is 24.3 Å². The van der Waals surface area contributed by atoms with Gasteiger partial charge < -0.3 is 14.3 Å². The molecule has 0 atom stereocenters. The van der Waals surface area contributed by atoms with Gasteiger partial charge in [-0.15, -0.1) is 0 Å². The molecule has 104 valence electrons. The van der Waals surface area contributed by atoms with Crippen molar-refractivity contribution in [2.24, 2.45) is 0 Å². The van der Waals surface area contributed by atoms with Gasteiger partial charge in [0.15, 0.2) is 0 Å². The van der Waals surface area contributed by atoms with E-state index in [2.05, 4.69) is 0 Å². The third kappa shape index (κ3) is 3.07. The zero-order valence-corrected chi connectivity index (χ0v) is 10.7. The van der Waals surface area contributed by atoms with Gasteiger partial charge in [0, 0.05) is 12.1 Å². The van der Waals surface area contributed by atoms with Crippen molar-refractivity contribution in [1.82, 2.24) is 0 Å². The minimum atomic E-state index is -1.10. The molecule has 0 spiro atoms. The van der Waals surface area contributed by atoms with Gasteiger partial charge in [-0.05, 0) is 12.1 Å². The van der Waals surface area contributed by atoms with Crippen molar-refractivity contribution in [1.29, 1.82) is 0 Å². The molecule has 7 nitrogen and oxygen atoms in total. The molecule has 0 unspecified atom stereocenters. The second-order valence-corrected chi connectivity index (χ2v) is 4.17. The number of halogens is 1. The summed E-state index contributed by atoms with van der Waals surface area (Å²) < 4.78 is 10.3. The SMILES string of the molecule is O=C(O)c1coc(COc2ccc([N+](=O)[O-])c(Cl)c2)c1. The Kier molecular flexibility index (Phi) is 3.90. The number of benzene rings is 1. The zero-order valence-electron chi connectivity index (χ0n) is 9.91. The van der Waals surface area contributed by atoms with Crippen molar-refractivity contribution < 1.29 is 24.0 Å². The van der Waals surface area contributed by atoms with Gasteiger partial charge >= 0.3 is 5.97 Å². The highest BCUT2D eigenvalue weighted by Gasteiger charge is 2.13. The van der Waals surface area contributed by atoms with E-state index in [0.29, 0.717) is 11.5 Å². The van der Waals surface area contributed by atoms with Crippen LogP contribution in [-0.4, -0.2) is 16.0 Å². The van der Waals surface area contributed by atoms with E-state index in [9.17, 15) is 14.9 Å². The van der Waals surface area contributed by atoms with Gasteiger partial charge in [0.2, 0.25) is 0 Å². The minimum absolute atomic E-state index is 0.0125. The second-order valence-electron chi connectivity index (χ2n) is 3.77. The Morgan fingerprint density at radius 3 is 2.75 bits per heavy atom. The van der Waals surface area contributed by atoms with Crippen molar-refractivity contribution in [3.8, 4) is 5.75 Å². The number of hydrogen-bond donors (Lipinski definition) is 1. The van der Waals surface area contributed by atoms with E-state index in [-0.39, 0.29) is 22.9 Å². The maximum Gasteiger partial charge on any atom is 0.338 e. The fourth-order valence-corrected chi connectivity index (χ4v) is 1.69. The molecule has 0 bridgehead atoms. The first-order chi connectivity index (χ1) is 9.47. The number of nitrogens with zero attached hydrogens (tertiary/aromatic N) is 1. The molecule has 1 aromatic heterocycles. The highest BCUT2D eigenvalue weighted by molar-refractivity contribution is 6.32. The number of rotatable bonds is 5. The smallest absolute Gasteiger partial charge is 0.338 e. The van der Waals surface area contributed by atoms with Crippen molar-refractivity contribution in [2.75, 3.05) is 0 Å². The van der Waals surface area contributed by atoms with Crippen LogP contribution in [0.4, 0.5) is 5.69 Å². The molecule has 0 aliphatic rings. The topological polar surface area (TPSA) is 103 Å². The van der Waals surface area contributed by atoms with Crippen LogP contribution in [0.15, 0.2) is 34.9 Å². The van der Waals surface area contributed by atoms with Crippen molar-refractivity contribution in [3.05, 3.63) is 57.0 Å². The summed E-state index contributed by atoms with van der Waals surface area (Å²) in [7, 11) is 0. The molecule has 20 heavy (non-hydrogen) atoms. The fourth-order valence-electron chi connectivity index (χ4n) is 1.45. The summed E-state index contributed by atoms with van der Waals surface area (Å²) >= 11 is 5.73. The van der Waals surface area contributed by atoms with Crippen LogP contribution in [0.5, 0.6) is 5.75 Å². The summed E-state index contributed by atoms with van der Waals surface area (Å²) in [5.74, 6) is -0.468. The Morgan fingerprint density at radius 1 is 1.45 bits per heavy atom. The first kappa shape index (κ1) is 13.9. The molecule has 0 fully saturated rings. The molecule has 0 aliphatic heterocycles. The molecule has 0 saturated heterocycles. The highest BCUT2D eigenvalue weighted by Crippen LogP contribution is 2.28. The van der Waals surface area contributed by atoms with Crippen LogP contribution in [-0.2, 0) is 6.61 Å². The molecule has 8 heteroatoms. The van der Waals surface area contributed by atoms with Crippen molar-refractivity contribution in [3.63, 3.8) is 0 Å². The Labute approximate surface area is 117 Å². The fraction of sp³-hybridized carbons (Fsp3) is 0.0833. The van der Waals surface area contributed by atoms with Crippen LogP contribution in [0.1, 0.15) is 16.1 Å². The monoisotopic (exact) mass is 297 g/mol. The molecular formula is C12H8ClNO6. The number of nitro groups is 1. The molecule has 1 heterocycles. The lowest BCUT2D eigenvalue weighted by molar-refractivity contribution is -0.384. The normalized spacial score (nSPS) is 10.2. The average Bonchev–Trinajstić information content (AvgIpc) is 2.85. The predicted molar refractivity (Wildman–Crippen MR) is 68.1 cm³/mol. The van der Waals surface area contributed by atoms with Crippen LogP contribution in [0, 0.1) is 10.1 Å². The van der Waals surface area contributed by atoms with Crippen molar-refractivity contribution in [2.45, 2.75) is 6.61 Å². The first-order valence-electron chi connectivity index (χ1n) is 5.35. The van der Waals surface area contributed by atoms with Gasteiger partial charge in [0.1, 0.15) is 29.4 Å². The number of nitro benzene ring substituents is 1. The molecule has 0 aliphatic carbocycles. The minimum Gasteiger partial charge on any atom is -0.486 e. The molecular weight excluding hydrogens is 290 g/mol. The lowest BCUT2D eigenvalue weighted by atomic mass is 10.3. The second kappa shape index (κ2) is 5.62. The maximum absolute atomic E-state index is 10.7. The summed E-state index contributed by atoms with van der Waals surface area (Å²) in [6.07, 6.45) is 1.10. The number of carbonyl (C=O) groups is 1. The summed E-state index contributed by atoms with van der Waals surface area (Å²) in [5.41, 5.74) is -0.199. The van der Waals surface area contributed by atoms with Crippen LogP contribution in [0.3, 0.4) is 0 Å². The molecule has 0 amide bonds. The Morgan fingerprint density at radius 2 is 2.20 bits per heavy atom. The van der Waals surface area contributed by atoms with Gasteiger partial charge in [0.25, 0.3) is 5.69 Å². The highest BCUT2D eigenvalue weighted by atomic mass is 35.5. The lowest BCUT2D eigenvalue weighted by Gasteiger charge is -2.04. The molecule has 0 saturated carbocycles. The number of hydrogen-bond acceptors (Lipinski definition) is 5. The summed E-state index contributed by atoms with van der Waals surface area (Å²) in [6.45, 7) is -0.0125. The third-order valence-corrected chi connectivity index (χ3v) is 2.70. The standard InChI is InChI=1S/C12H8ClNO6/c13-10-4-8(1-2-11(10)14(17)18)20-6-9-3-7(5-19-9)12(15)16/h1-5H,6H2,(H,15,16). The number of carboxylic acid groups (broad SMARTS) is 1. The van der Waals surface area contributed by atoms with Crippen molar-refractivity contribution >= 4 is 23.3 Å². The number of furan rings is 1. The van der Waals surface area contributed by atoms with Crippen LogP contribution >= 0.6 is 11.6 Å². The quantitative estimate of drug-likeness (QED) is 0.672. The number of carboxylic acids is 1. The molecule has 1 aromatic carbocycles.